The molecule has 25 heavy (non-hydrogen) atoms. The first-order valence-corrected chi connectivity index (χ1v) is 6.89. The van der Waals surface area contributed by atoms with Crippen LogP contribution in [0.5, 0.6) is 23.3 Å². The molecule has 0 aliphatic carbocycles. The topological polar surface area (TPSA) is 87.4 Å². The second kappa shape index (κ2) is 6.87. The Morgan fingerprint density at radius 1 is 0.800 bits per heavy atom. The molecule has 0 saturated carbocycles. The van der Waals surface area contributed by atoms with E-state index < -0.39 is 22.2 Å². The average molecular weight is 345 g/mol. The Morgan fingerprint density at radius 3 is 1.56 bits per heavy atom. The summed E-state index contributed by atoms with van der Waals surface area (Å²) in [6, 6.07) is 9.72. The van der Waals surface area contributed by atoms with E-state index in [0.29, 0.717) is 0 Å². The fraction of sp³-hybridized carbons (Fsp3) is 0. The molecule has 9 heteroatoms. The molecule has 0 fully saturated rings. The summed E-state index contributed by atoms with van der Waals surface area (Å²) < 4.78 is 36.5. The van der Waals surface area contributed by atoms with Crippen molar-refractivity contribution in [3.8, 4) is 23.3 Å². The summed E-state index contributed by atoms with van der Waals surface area (Å²) in [5.41, 5.74) is -0.615. The van der Waals surface area contributed by atoms with Crippen molar-refractivity contribution in [1.82, 2.24) is 9.97 Å². The molecule has 1 heterocycles. The summed E-state index contributed by atoms with van der Waals surface area (Å²) in [4.78, 5) is 18.1. The minimum atomic E-state index is -0.766. The number of hydrogen-bond donors (Lipinski definition) is 0. The molecule has 0 aliphatic heterocycles. The maximum atomic E-state index is 12.9. The zero-order valence-electron chi connectivity index (χ0n) is 12.4. The van der Waals surface area contributed by atoms with Crippen LogP contribution in [0.3, 0.4) is 0 Å². The molecule has 2 aromatic carbocycles. The van der Waals surface area contributed by atoms with E-state index in [4.69, 9.17) is 9.47 Å². The SMILES string of the molecule is O=[N+]([O-])c1c(Oc2ccc(F)cc2)ncnc1Oc1ccc(F)cc1. The van der Waals surface area contributed by atoms with Gasteiger partial charge in [0, 0.05) is 0 Å². The molecule has 0 radical (unpaired) electrons. The second-order valence-corrected chi connectivity index (χ2v) is 4.70. The van der Waals surface area contributed by atoms with Gasteiger partial charge in [0.05, 0.1) is 4.92 Å². The number of ether oxygens (including phenoxy) is 2. The summed E-state index contributed by atoms with van der Waals surface area (Å²) in [6.07, 6.45) is 1.02. The summed E-state index contributed by atoms with van der Waals surface area (Å²) >= 11 is 0. The van der Waals surface area contributed by atoms with E-state index in [2.05, 4.69) is 9.97 Å². The van der Waals surface area contributed by atoms with Gasteiger partial charge in [-0.25, -0.2) is 8.78 Å². The maximum absolute atomic E-state index is 12.9. The van der Waals surface area contributed by atoms with Crippen LogP contribution in [0.4, 0.5) is 14.5 Å². The van der Waals surface area contributed by atoms with Crippen molar-refractivity contribution in [2.75, 3.05) is 0 Å². The van der Waals surface area contributed by atoms with Crippen LogP contribution >= 0.6 is 0 Å². The van der Waals surface area contributed by atoms with Crippen molar-refractivity contribution in [3.63, 3.8) is 0 Å². The minimum Gasteiger partial charge on any atom is -0.433 e. The minimum absolute atomic E-state index is 0.149. The molecule has 3 rings (SSSR count). The van der Waals surface area contributed by atoms with Crippen LogP contribution in [0.1, 0.15) is 0 Å². The van der Waals surface area contributed by atoms with Gasteiger partial charge in [-0.15, -0.1) is 0 Å². The Morgan fingerprint density at radius 2 is 1.20 bits per heavy atom. The molecule has 0 unspecified atom stereocenters. The molecule has 0 spiro atoms. The summed E-state index contributed by atoms with van der Waals surface area (Å²) in [7, 11) is 0. The molecule has 126 valence electrons. The van der Waals surface area contributed by atoms with E-state index in [0.717, 1.165) is 30.6 Å². The van der Waals surface area contributed by atoms with Crippen LogP contribution < -0.4 is 9.47 Å². The Bertz CT molecular complexity index is 837. The average Bonchev–Trinajstić information content (AvgIpc) is 2.59. The zero-order chi connectivity index (χ0) is 17.8. The Balaban J connectivity index is 1.94. The van der Waals surface area contributed by atoms with Gasteiger partial charge in [0.15, 0.2) is 0 Å². The first-order chi connectivity index (χ1) is 12.0. The first-order valence-electron chi connectivity index (χ1n) is 6.89. The van der Waals surface area contributed by atoms with Gasteiger partial charge in [0.25, 0.3) is 0 Å². The summed E-state index contributed by atoms with van der Waals surface area (Å²) in [6.45, 7) is 0. The van der Waals surface area contributed by atoms with E-state index >= 15 is 0 Å². The third-order valence-corrected chi connectivity index (χ3v) is 2.99. The smallest absolute Gasteiger partial charge is 0.393 e. The highest BCUT2D eigenvalue weighted by molar-refractivity contribution is 5.52. The van der Waals surface area contributed by atoms with E-state index in [1.807, 2.05) is 0 Å². The second-order valence-electron chi connectivity index (χ2n) is 4.70. The predicted molar refractivity (Wildman–Crippen MR) is 81.6 cm³/mol. The van der Waals surface area contributed by atoms with E-state index in [9.17, 15) is 18.9 Å². The largest absolute Gasteiger partial charge is 0.433 e. The van der Waals surface area contributed by atoms with Crippen molar-refractivity contribution in [1.29, 1.82) is 0 Å². The van der Waals surface area contributed by atoms with Gasteiger partial charge in [0.2, 0.25) is 0 Å². The van der Waals surface area contributed by atoms with Crippen LogP contribution in [0.2, 0.25) is 0 Å². The van der Waals surface area contributed by atoms with Gasteiger partial charge in [-0.2, -0.15) is 9.97 Å². The lowest BCUT2D eigenvalue weighted by Gasteiger charge is -2.08. The highest BCUT2D eigenvalue weighted by Gasteiger charge is 2.27. The van der Waals surface area contributed by atoms with Gasteiger partial charge < -0.3 is 9.47 Å². The van der Waals surface area contributed by atoms with Crippen molar-refractivity contribution in [3.05, 3.63) is 76.6 Å². The predicted octanol–water partition coefficient (Wildman–Crippen LogP) is 4.25. The third-order valence-electron chi connectivity index (χ3n) is 2.99. The maximum Gasteiger partial charge on any atom is 0.393 e. The summed E-state index contributed by atoms with van der Waals surface area (Å²) in [5, 5.41) is 11.4. The van der Waals surface area contributed by atoms with Gasteiger partial charge >= 0.3 is 17.4 Å². The highest BCUT2D eigenvalue weighted by atomic mass is 19.1. The number of nitro groups is 1. The van der Waals surface area contributed by atoms with Crippen LogP contribution in [0.15, 0.2) is 54.9 Å². The van der Waals surface area contributed by atoms with Crippen LogP contribution in [0.25, 0.3) is 0 Å². The standard InChI is InChI=1S/C16H9F2N3O4/c17-10-1-5-12(6-2-10)24-15-14(21(22)23)16(20-9-19-15)25-13-7-3-11(18)4-8-13/h1-9H. The molecule has 0 N–H and O–H groups in total. The Hall–Kier alpha value is -3.62. The molecule has 0 saturated heterocycles. The van der Waals surface area contributed by atoms with Crippen LogP contribution in [-0.2, 0) is 0 Å². The van der Waals surface area contributed by atoms with Gasteiger partial charge in [0.1, 0.15) is 29.5 Å². The van der Waals surface area contributed by atoms with Gasteiger partial charge in [-0.3, -0.25) is 10.1 Å². The molecule has 1 aromatic heterocycles. The first kappa shape index (κ1) is 16.2. The number of nitrogens with zero attached hydrogens (tertiary/aromatic N) is 3. The van der Waals surface area contributed by atoms with Gasteiger partial charge in [-0.05, 0) is 48.5 Å². The zero-order valence-corrected chi connectivity index (χ0v) is 12.4. The van der Waals surface area contributed by atoms with E-state index in [1.54, 1.807) is 0 Å². The number of hydrogen-bond acceptors (Lipinski definition) is 6. The quantitative estimate of drug-likeness (QED) is 0.507. The normalized spacial score (nSPS) is 10.3. The summed E-state index contributed by atoms with van der Waals surface area (Å²) in [5.74, 6) is -1.41. The molecule has 7 nitrogen and oxygen atoms in total. The van der Waals surface area contributed by atoms with E-state index in [1.165, 1.54) is 24.3 Å². The molecule has 3 aromatic rings. The fourth-order valence-electron chi connectivity index (χ4n) is 1.88. The van der Waals surface area contributed by atoms with Gasteiger partial charge in [-0.1, -0.05) is 0 Å². The monoisotopic (exact) mass is 345 g/mol. The lowest BCUT2D eigenvalue weighted by molar-refractivity contribution is -0.387. The van der Waals surface area contributed by atoms with Crippen molar-refractivity contribution < 1.29 is 23.2 Å². The molecule has 0 amide bonds. The van der Waals surface area contributed by atoms with Crippen molar-refractivity contribution in [2.45, 2.75) is 0 Å². The molecule has 0 bridgehead atoms. The van der Waals surface area contributed by atoms with Crippen LogP contribution in [-0.4, -0.2) is 14.9 Å². The van der Waals surface area contributed by atoms with Crippen LogP contribution in [0, 0.1) is 21.7 Å². The molecule has 0 atom stereocenters. The highest BCUT2D eigenvalue weighted by Crippen LogP contribution is 2.37. The number of rotatable bonds is 5. The Kier molecular flexibility index (Phi) is 4.46. The van der Waals surface area contributed by atoms with E-state index in [-0.39, 0.29) is 23.3 Å². The molecule has 0 aliphatic rings. The number of benzene rings is 2. The number of aromatic nitrogens is 2. The molecular formula is C16H9F2N3O4. The number of halogens is 2. The Labute approximate surface area is 139 Å². The van der Waals surface area contributed by atoms with Crippen molar-refractivity contribution in [2.24, 2.45) is 0 Å². The fourth-order valence-corrected chi connectivity index (χ4v) is 1.88. The third kappa shape index (κ3) is 3.83. The molecular weight excluding hydrogens is 336 g/mol. The lowest BCUT2D eigenvalue weighted by Crippen LogP contribution is -2.01. The van der Waals surface area contributed by atoms with Crippen molar-refractivity contribution >= 4 is 5.69 Å². The lowest BCUT2D eigenvalue weighted by atomic mass is 10.3.